The van der Waals surface area contributed by atoms with Gasteiger partial charge in [-0.1, -0.05) is 0 Å². The van der Waals surface area contributed by atoms with Crippen molar-refractivity contribution in [2.24, 2.45) is 0 Å². The fourth-order valence-corrected chi connectivity index (χ4v) is 1.09. The van der Waals surface area contributed by atoms with Crippen molar-refractivity contribution < 1.29 is 0 Å². The molecule has 0 spiro atoms. The summed E-state index contributed by atoms with van der Waals surface area (Å²) >= 11 is 0. The van der Waals surface area contributed by atoms with Gasteiger partial charge in [-0.2, -0.15) is 0 Å². The van der Waals surface area contributed by atoms with Gasteiger partial charge in [-0.15, -0.1) is 0 Å². The van der Waals surface area contributed by atoms with E-state index in [1.807, 2.05) is 0 Å². The minimum Gasteiger partial charge on any atom is -0.304 e. The number of rotatable bonds is 6. The van der Waals surface area contributed by atoms with Crippen LogP contribution in [0.25, 0.3) is 0 Å². The van der Waals surface area contributed by atoms with Crippen LogP contribution in [0.2, 0.25) is 0 Å². The lowest BCUT2D eigenvalue weighted by Gasteiger charge is -2.24. The van der Waals surface area contributed by atoms with E-state index in [1.54, 1.807) is 0 Å². The number of hydrogen-bond donors (Lipinski definition) is 0. The van der Waals surface area contributed by atoms with Crippen LogP contribution in [-0.4, -0.2) is 49.1 Å². The summed E-state index contributed by atoms with van der Waals surface area (Å²) in [5, 5.41) is 0. The summed E-state index contributed by atoms with van der Waals surface area (Å²) < 4.78 is 0. The topological polar surface area (TPSA) is 6.48 Å². The van der Waals surface area contributed by atoms with Crippen LogP contribution in [0.15, 0.2) is 0 Å². The van der Waals surface area contributed by atoms with E-state index < -0.39 is 0 Å². The Morgan fingerprint density at radius 3 is 1.31 bits per heavy atom. The molecule has 0 aliphatic rings. The molecule has 80 valence electrons. The van der Waals surface area contributed by atoms with Gasteiger partial charge < -0.3 is 9.80 Å². The lowest BCUT2D eigenvalue weighted by atomic mass is 10.2. The quantitative estimate of drug-likeness (QED) is 0.626. The van der Waals surface area contributed by atoms with Crippen molar-refractivity contribution in [1.29, 1.82) is 0 Å². The van der Waals surface area contributed by atoms with Gasteiger partial charge in [0.25, 0.3) is 0 Å². The zero-order chi connectivity index (χ0) is 10.4. The van der Waals surface area contributed by atoms with Crippen LogP contribution in [0.1, 0.15) is 34.1 Å². The molecule has 0 heterocycles. The molecule has 0 radical (unpaired) electrons. The number of nitrogens with zero attached hydrogens (tertiary/aromatic N) is 2. The molecule has 0 bridgehead atoms. The first-order chi connectivity index (χ1) is 5.95. The monoisotopic (exact) mass is 186 g/mol. The first-order valence-corrected chi connectivity index (χ1v) is 5.35. The highest BCUT2D eigenvalue weighted by Gasteiger charge is 2.05. The second-order valence-corrected chi connectivity index (χ2v) is 4.50. The zero-order valence-corrected chi connectivity index (χ0v) is 10.2. The third-order valence-electron chi connectivity index (χ3n) is 2.78. The first kappa shape index (κ1) is 12.9. The van der Waals surface area contributed by atoms with E-state index in [2.05, 4.69) is 51.6 Å². The standard InChI is InChI=1S/C11H26N2/c1-10(2)12(5)8-7-9-13(6)11(3)4/h10-11H,7-9H2,1-6H3. The minimum absolute atomic E-state index is 0.671. The Kier molecular flexibility index (Phi) is 6.35. The molecule has 0 fully saturated rings. The summed E-state index contributed by atoms with van der Waals surface area (Å²) in [5.41, 5.74) is 0. The predicted molar refractivity (Wildman–Crippen MR) is 60.1 cm³/mol. The second kappa shape index (κ2) is 6.39. The van der Waals surface area contributed by atoms with Crippen LogP contribution >= 0.6 is 0 Å². The highest BCUT2D eigenvalue weighted by Crippen LogP contribution is 1.99. The van der Waals surface area contributed by atoms with Crippen LogP contribution in [0.5, 0.6) is 0 Å². The van der Waals surface area contributed by atoms with Gasteiger partial charge in [0.2, 0.25) is 0 Å². The van der Waals surface area contributed by atoms with Gasteiger partial charge in [0, 0.05) is 12.1 Å². The molecule has 0 aromatic carbocycles. The van der Waals surface area contributed by atoms with E-state index in [9.17, 15) is 0 Å². The summed E-state index contributed by atoms with van der Waals surface area (Å²) in [7, 11) is 4.39. The van der Waals surface area contributed by atoms with Crippen LogP contribution in [0.3, 0.4) is 0 Å². The molecule has 0 atom stereocenters. The molecule has 0 aromatic heterocycles. The predicted octanol–water partition coefficient (Wildman–Crippen LogP) is 2.06. The van der Waals surface area contributed by atoms with Gasteiger partial charge in [-0.25, -0.2) is 0 Å². The van der Waals surface area contributed by atoms with E-state index in [-0.39, 0.29) is 0 Å². The Morgan fingerprint density at radius 1 is 0.769 bits per heavy atom. The van der Waals surface area contributed by atoms with Gasteiger partial charge in [0.1, 0.15) is 0 Å². The molecule has 2 nitrogen and oxygen atoms in total. The summed E-state index contributed by atoms with van der Waals surface area (Å²) in [6, 6.07) is 1.34. The Balaban J connectivity index is 3.45. The van der Waals surface area contributed by atoms with Crippen molar-refractivity contribution in [3.63, 3.8) is 0 Å². The maximum atomic E-state index is 2.40. The van der Waals surface area contributed by atoms with Crippen molar-refractivity contribution in [2.75, 3.05) is 27.2 Å². The van der Waals surface area contributed by atoms with Crippen LogP contribution in [0, 0.1) is 0 Å². The molecule has 0 aliphatic carbocycles. The van der Waals surface area contributed by atoms with E-state index in [0.29, 0.717) is 12.1 Å². The third-order valence-corrected chi connectivity index (χ3v) is 2.78. The Bertz CT molecular complexity index is 107. The first-order valence-electron chi connectivity index (χ1n) is 5.35. The summed E-state index contributed by atoms with van der Waals surface area (Å²) in [5.74, 6) is 0. The molecule has 0 aliphatic heterocycles. The Morgan fingerprint density at radius 2 is 1.08 bits per heavy atom. The number of hydrogen-bond acceptors (Lipinski definition) is 2. The third kappa shape index (κ3) is 6.05. The maximum absolute atomic E-state index is 2.40. The normalized spacial score (nSPS) is 12.5. The summed E-state index contributed by atoms with van der Waals surface area (Å²) in [6.07, 6.45) is 1.27. The molecular weight excluding hydrogens is 160 g/mol. The van der Waals surface area contributed by atoms with Crippen LogP contribution in [-0.2, 0) is 0 Å². The molecule has 0 saturated heterocycles. The maximum Gasteiger partial charge on any atom is 0.00355 e. The highest BCUT2D eigenvalue weighted by molar-refractivity contribution is 4.61. The molecule has 0 rings (SSSR count). The highest BCUT2D eigenvalue weighted by atomic mass is 15.1. The molecule has 0 N–H and O–H groups in total. The molecule has 2 heteroatoms. The minimum atomic E-state index is 0.671. The van der Waals surface area contributed by atoms with Gasteiger partial charge >= 0.3 is 0 Å². The molecular formula is C11H26N2. The summed E-state index contributed by atoms with van der Waals surface area (Å²) in [6.45, 7) is 11.4. The van der Waals surface area contributed by atoms with Crippen molar-refractivity contribution in [3.8, 4) is 0 Å². The van der Waals surface area contributed by atoms with Crippen LogP contribution in [0.4, 0.5) is 0 Å². The lowest BCUT2D eigenvalue weighted by molar-refractivity contribution is 0.225. The fourth-order valence-electron chi connectivity index (χ4n) is 1.09. The average molecular weight is 186 g/mol. The van der Waals surface area contributed by atoms with E-state index in [0.717, 1.165) is 0 Å². The van der Waals surface area contributed by atoms with E-state index in [1.165, 1.54) is 19.5 Å². The average Bonchev–Trinajstić information content (AvgIpc) is 2.03. The van der Waals surface area contributed by atoms with Crippen molar-refractivity contribution in [3.05, 3.63) is 0 Å². The lowest BCUT2D eigenvalue weighted by Crippen LogP contribution is -2.32. The van der Waals surface area contributed by atoms with Gasteiger partial charge in [0.05, 0.1) is 0 Å². The summed E-state index contributed by atoms with van der Waals surface area (Å²) in [4.78, 5) is 4.79. The van der Waals surface area contributed by atoms with Crippen LogP contribution < -0.4 is 0 Å². The smallest absolute Gasteiger partial charge is 0.00355 e. The second-order valence-electron chi connectivity index (χ2n) is 4.50. The molecule has 0 saturated carbocycles. The van der Waals surface area contributed by atoms with Crippen molar-refractivity contribution in [2.45, 2.75) is 46.2 Å². The fraction of sp³-hybridized carbons (Fsp3) is 1.00. The molecule has 0 aromatic rings. The van der Waals surface area contributed by atoms with Crippen molar-refractivity contribution in [1.82, 2.24) is 9.80 Å². The Labute approximate surface area is 83.9 Å². The molecule has 0 unspecified atom stereocenters. The zero-order valence-electron chi connectivity index (χ0n) is 10.2. The van der Waals surface area contributed by atoms with Gasteiger partial charge in [-0.3, -0.25) is 0 Å². The van der Waals surface area contributed by atoms with E-state index in [4.69, 9.17) is 0 Å². The van der Waals surface area contributed by atoms with Gasteiger partial charge in [0.15, 0.2) is 0 Å². The van der Waals surface area contributed by atoms with Gasteiger partial charge in [-0.05, 0) is 61.3 Å². The molecule has 0 amide bonds. The Hall–Kier alpha value is -0.0800. The van der Waals surface area contributed by atoms with E-state index >= 15 is 0 Å². The SMILES string of the molecule is CC(C)N(C)CCCN(C)C(C)C. The van der Waals surface area contributed by atoms with Crippen molar-refractivity contribution >= 4 is 0 Å². The largest absolute Gasteiger partial charge is 0.304 e. The molecule has 13 heavy (non-hydrogen) atoms.